The lowest BCUT2D eigenvalue weighted by Gasteiger charge is -2.13. The molecule has 1 aromatic heterocycles. The predicted molar refractivity (Wildman–Crippen MR) is 168 cm³/mol. The second-order valence-corrected chi connectivity index (χ2v) is 11.6. The zero-order chi connectivity index (χ0) is 33.8. The molecule has 0 saturated heterocycles. The molecule has 0 aliphatic heterocycles. The molecule has 14 heteroatoms. The molecule has 47 heavy (non-hydrogen) atoms. The average Bonchev–Trinajstić information content (AvgIpc) is 3.07. The maximum Gasteiger partial charge on any atom is 0.325 e. The average molecular weight is 663 g/mol. The molecule has 4 rings (SSSR count). The number of sulfonamides is 1. The Labute approximate surface area is 270 Å². The van der Waals surface area contributed by atoms with Crippen molar-refractivity contribution in [3.63, 3.8) is 0 Å². The molecule has 0 aliphatic carbocycles. The molecular weight excluding hydrogens is 631 g/mol. The summed E-state index contributed by atoms with van der Waals surface area (Å²) in [5.41, 5.74) is 1.30. The normalized spacial score (nSPS) is 10.9. The Balaban J connectivity index is 1.43. The van der Waals surface area contributed by atoms with Gasteiger partial charge in [0.05, 0.1) is 17.1 Å². The van der Waals surface area contributed by atoms with Crippen molar-refractivity contribution in [2.75, 3.05) is 19.7 Å². The van der Waals surface area contributed by atoms with Gasteiger partial charge in [-0.25, -0.2) is 22.5 Å². The minimum atomic E-state index is -4.39. The molecule has 0 radical (unpaired) electrons. The van der Waals surface area contributed by atoms with Crippen LogP contribution in [0.1, 0.15) is 49.3 Å². The van der Waals surface area contributed by atoms with Crippen LogP contribution in [0.2, 0.25) is 0 Å². The number of amides is 3. The van der Waals surface area contributed by atoms with Gasteiger partial charge in [0.2, 0.25) is 0 Å². The highest BCUT2D eigenvalue weighted by Crippen LogP contribution is 2.21. The topological polar surface area (TPSA) is 170 Å². The van der Waals surface area contributed by atoms with E-state index in [1.807, 2.05) is 10.8 Å². The molecule has 12 nitrogen and oxygen atoms in total. The Morgan fingerprint density at radius 1 is 0.809 bits per heavy atom. The van der Waals surface area contributed by atoms with Crippen molar-refractivity contribution >= 4 is 33.7 Å². The number of rotatable bonds is 14. The van der Waals surface area contributed by atoms with Crippen LogP contribution in [-0.2, 0) is 32.6 Å². The van der Waals surface area contributed by atoms with E-state index in [0.29, 0.717) is 6.42 Å². The van der Waals surface area contributed by atoms with E-state index >= 15 is 0 Å². The van der Waals surface area contributed by atoms with E-state index in [2.05, 4.69) is 15.6 Å². The predicted octanol–water partition coefficient (Wildman–Crippen LogP) is 3.18. The molecule has 1 heterocycles. The van der Waals surface area contributed by atoms with Crippen LogP contribution in [0.15, 0.2) is 96.0 Å². The standard InChI is InChI=1S/C33H31FN4O8S/c1-2-45-29(39)20-37-33(42)30-28(46-21-23-6-4-3-5-7-23)18-25(19-36-30)32(41)38-47(43,44)27-14-10-24(11-15-27)31(40)35-17-16-22-8-12-26(34)13-9-22/h3-15,18-19H,2,16-17,20-21H2,1H3,(H,35,40)(H,37,42)(H,38,41). The van der Waals surface area contributed by atoms with Gasteiger partial charge in [0.15, 0.2) is 11.4 Å². The summed E-state index contributed by atoms with van der Waals surface area (Å²) in [6.07, 6.45) is 1.47. The van der Waals surface area contributed by atoms with Gasteiger partial charge >= 0.3 is 5.97 Å². The highest BCUT2D eigenvalue weighted by Gasteiger charge is 2.23. The van der Waals surface area contributed by atoms with Crippen LogP contribution in [-0.4, -0.2) is 56.8 Å². The van der Waals surface area contributed by atoms with Crippen LogP contribution < -0.4 is 20.1 Å². The lowest BCUT2D eigenvalue weighted by molar-refractivity contribution is -0.141. The van der Waals surface area contributed by atoms with Gasteiger partial charge in [0.1, 0.15) is 19.0 Å². The number of halogens is 1. The summed E-state index contributed by atoms with van der Waals surface area (Å²) in [5.74, 6) is -3.42. The Morgan fingerprint density at radius 3 is 2.19 bits per heavy atom. The molecule has 0 spiro atoms. The number of hydrogen-bond donors (Lipinski definition) is 3. The third-order valence-corrected chi connectivity index (χ3v) is 7.88. The first kappa shape index (κ1) is 34.2. The van der Waals surface area contributed by atoms with Crippen molar-refractivity contribution in [1.82, 2.24) is 20.3 Å². The minimum Gasteiger partial charge on any atom is -0.486 e. The number of pyridine rings is 1. The van der Waals surface area contributed by atoms with Gasteiger partial charge < -0.3 is 20.1 Å². The molecule has 0 saturated carbocycles. The number of carbonyl (C=O) groups is 4. The van der Waals surface area contributed by atoms with E-state index in [4.69, 9.17) is 9.47 Å². The summed E-state index contributed by atoms with van der Waals surface area (Å²) < 4.78 is 51.6. The fourth-order valence-electron chi connectivity index (χ4n) is 4.13. The van der Waals surface area contributed by atoms with E-state index in [1.165, 1.54) is 42.5 Å². The second-order valence-electron chi connectivity index (χ2n) is 9.92. The second kappa shape index (κ2) is 16.1. The highest BCUT2D eigenvalue weighted by molar-refractivity contribution is 7.90. The quantitative estimate of drug-likeness (QED) is 0.172. The van der Waals surface area contributed by atoms with Crippen molar-refractivity contribution < 1.29 is 41.5 Å². The number of aromatic nitrogens is 1. The van der Waals surface area contributed by atoms with Gasteiger partial charge in [-0.3, -0.25) is 19.2 Å². The molecule has 0 atom stereocenters. The molecule has 4 aromatic rings. The maximum atomic E-state index is 13.1. The summed E-state index contributed by atoms with van der Waals surface area (Å²) in [7, 11) is -4.39. The monoisotopic (exact) mass is 662 g/mol. The molecule has 3 amide bonds. The van der Waals surface area contributed by atoms with Gasteiger partial charge in [-0.1, -0.05) is 42.5 Å². The number of nitrogens with one attached hydrogen (secondary N) is 3. The summed E-state index contributed by atoms with van der Waals surface area (Å²) in [4.78, 5) is 53.7. The third kappa shape index (κ3) is 9.93. The number of ether oxygens (including phenoxy) is 2. The molecule has 244 valence electrons. The molecule has 0 fully saturated rings. The lowest BCUT2D eigenvalue weighted by Crippen LogP contribution is -2.32. The van der Waals surface area contributed by atoms with Crippen molar-refractivity contribution in [3.05, 3.63) is 125 Å². The Morgan fingerprint density at radius 2 is 1.51 bits per heavy atom. The number of hydrogen-bond acceptors (Lipinski definition) is 9. The van der Waals surface area contributed by atoms with Gasteiger partial charge in [-0.15, -0.1) is 0 Å². The zero-order valence-corrected chi connectivity index (χ0v) is 26.0. The van der Waals surface area contributed by atoms with Crippen LogP contribution >= 0.6 is 0 Å². The van der Waals surface area contributed by atoms with Crippen LogP contribution in [0, 0.1) is 5.82 Å². The Hall–Kier alpha value is -5.63. The van der Waals surface area contributed by atoms with Crippen molar-refractivity contribution in [2.24, 2.45) is 0 Å². The minimum absolute atomic E-state index is 0.00376. The first-order valence-electron chi connectivity index (χ1n) is 14.4. The van der Waals surface area contributed by atoms with Gasteiger partial charge in [-0.05, 0) is 66.9 Å². The first-order valence-corrected chi connectivity index (χ1v) is 15.8. The van der Waals surface area contributed by atoms with E-state index < -0.39 is 40.3 Å². The molecule has 0 aliphatic rings. The van der Waals surface area contributed by atoms with Crippen molar-refractivity contribution in [3.8, 4) is 5.75 Å². The number of nitrogens with zero attached hydrogens (tertiary/aromatic N) is 1. The summed E-state index contributed by atoms with van der Waals surface area (Å²) in [6, 6.07) is 20.9. The number of esters is 1. The number of carbonyl (C=O) groups excluding carboxylic acids is 4. The van der Waals surface area contributed by atoms with E-state index in [-0.39, 0.29) is 53.0 Å². The summed E-state index contributed by atoms with van der Waals surface area (Å²) in [6.45, 7) is 1.59. The van der Waals surface area contributed by atoms with Crippen LogP contribution in [0.5, 0.6) is 5.75 Å². The van der Waals surface area contributed by atoms with Crippen molar-refractivity contribution in [2.45, 2.75) is 24.8 Å². The summed E-state index contributed by atoms with van der Waals surface area (Å²) >= 11 is 0. The maximum absolute atomic E-state index is 13.1. The molecular formula is C33H31FN4O8S. The first-order chi connectivity index (χ1) is 22.6. The third-order valence-electron chi connectivity index (χ3n) is 6.53. The SMILES string of the molecule is CCOC(=O)CNC(=O)c1ncc(C(=O)NS(=O)(=O)c2ccc(C(=O)NCCc3ccc(F)cc3)cc2)cc1OCc1ccccc1. The van der Waals surface area contributed by atoms with Gasteiger partial charge in [0, 0.05) is 18.3 Å². The number of benzene rings is 3. The zero-order valence-electron chi connectivity index (χ0n) is 25.2. The molecule has 3 aromatic carbocycles. The molecule has 0 unspecified atom stereocenters. The van der Waals surface area contributed by atoms with Crippen LogP contribution in [0.25, 0.3) is 0 Å². The summed E-state index contributed by atoms with van der Waals surface area (Å²) in [5, 5.41) is 5.08. The van der Waals surface area contributed by atoms with E-state index in [9.17, 15) is 32.0 Å². The molecule has 0 bridgehead atoms. The Kier molecular flexibility index (Phi) is 11.7. The fourth-order valence-corrected chi connectivity index (χ4v) is 5.11. The fraction of sp³-hybridized carbons (Fsp3) is 0.182. The highest BCUT2D eigenvalue weighted by atomic mass is 32.2. The van der Waals surface area contributed by atoms with E-state index in [1.54, 1.807) is 43.3 Å². The van der Waals surface area contributed by atoms with E-state index in [0.717, 1.165) is 17.3 Å². The van der Waals surface area contributed by atoms with Crippen molar-refractivity contribution in [1.29, 1.82) is 0 Å². The van der Waals surface area contributed by atoms with Gasteiger partial charge in [-0.2, -0.15) is 0 Å². The van der Waals surface area contributed by atoms with Crippen LogP contribution in [0.3, 0.4) is 0 Å². The lowest BCUT2D eigenvalue weighted by atomic mass is 10.1. The van der Waals surface area contributed by atoms with Crippen LogP contribution in [0.4, 0.5) is 4.39 Å². The smallest absolute Gasteiger partial charge is 0.325 e. The largest absolute Gasteiger partial charge is 0.486 e. The molecule has 3 N–H and O–H groups in total. The van der Waals surface area contributed by atoms with Gasteiger partial charge in [0.25, 0.3) is 27.7 Å². The Bertz CT molecular complexity index is 1840.